The molecule has 0 radical (unpaired) electrons. The summed E-state index contributed by atoms with van der Waals surface area (Å²) in [7, 11) is 1.56. The van der Waals surface area contributed by atoms with Gasteiger partial charge in [0.15, 0.2) is 5.06 Å². The highest BCUT2D eigenvalue weighted by Crippen LogP contribution is 2.33. The van der Waals surface area contributed by atoms with Gasteiger partial charge in [-0.1, -0.05) is 41.7 Å². The Labute approximate surface area is 130 Å². The molecule has 6 heteroatoms. The quantitative estimate of drug-likeness (QED) is 0.808. The number of H-pyrrole nitrogens is 1. The second-order valence-corrected chi connectivity index (χ2v) is 6.10. The van der Waals surface area contributed by atoms with E-state index < -0.39 is 5.69 Å². The number of methoxy groups -OCH3 is 1. The van der Waals surface area contributed by atoms with Crippen LogP contribution < -0.4 is 16.0 Å². The molecule has 0 aliphatic heterocycles. The van der Waals surface area contributed by atoms with Crippen LogP contribution in [0.5, 0.6) is 5.06 Å². The van der Waals surface area contributed by atoms with Gasteiger partial charge in [-0.2, -0.15) is 0 Å². The number of nitrogens with one attached hydrogen (secondary N) is 1. The van der Waals surface area contributed by atoms with Crippen LogP contribution in [0.1, 0.15) is 24.1 Å². The van der Waals surface area contributed by atoms with Crippen molar-refractivity contribution in [2.24, 2.45) is 0 Å². The Bertz CT molecular complexity index is 938. The first-order chi connectivity index (χ1) is 10.5. The highest BCUT2D eigenvalue weighted by Gasteiger charge is 2.19. The zero-order chi connectivity index (χ0) is 15.9. The van der Waals surface area contributed by atoms with E-state index in [2.05, 4.69) is 4.98 Å². The molecular formula is C16H16N2O3S. The van der Waals surface area contributed by atoms with Crippen LogP contribution in [0.15, 0.2) is 39.9 Å². The van der Waals surface area contributed by atoms with E-state index in [1.165, 1.54) is 15.9 Å². The van der Waals surface area contributed by atoms with Crippen LogP contribution in [0, 0.1) is 6.92 Å². The van der Waals surface area contributed by atoms with Gasteiger partial charge in [0.1, 0.15) is 4.83 Å². The molecule has 3 rings (SSSR count). The van der Waals surface area contributed by atoms with Gasteiger partial charge in [0.25, 0.3) is 5.56 Å². The van der Waals surface area contributed by atoms with Crippen molar-refractivity contribution >= 4 is 21.6 Å². The predicted molar refractivity (Wildman–Crippen MR) is 88.2 cm³/mol. The van der Waals surface area contributed by atoms with E-state index in [9.17, 15) is 9.59 Å². The lowest BCUT2D eigenvalue weighted by molar-refractivity contribution is 0.424. The minimum Gasteiger partial charge on any atom is -0.487 e. The summed E-state index contributed by atoms with van der Waals surface area (Å²) in [6.45, 7) is 3.67. The van der Waals surface area contributed by atoms with E-state index in [0.29, 0.717) is 15.3 Å². The Kier molecular flexibility index (Phi) is 3.62. The lowest BCUT2D eigenvalue weighted by Gasteiger charge is -2.14. The van der Waals surface area contributed by atoms with Gasteiger partial charge in [0.2, 0.25) is 0 Å². The van der Waals surface area contributed by atoms with Crippen LogP contribution >= 0.6 is 11.3 Å². The van der Waals surface area contributed by atoms with E-state index in [1.807, 2.05) is 44.2 Å². The molecule has 0 bridgehead atoms. The maximum Gasteiger partial charge on any atom is 0.330 e. The molecule has 1 aromatic carbocycles. The Hall–Kier alpha value is -2.34. The molecule has 22 heavy (non-hydrogen) atoms. The lowest BCUT2D eigenvalue weighted by Crippen LogP contribution is -2.37. The number of aromatic nitrogens is 2. The highest BCUT2D eigenvalue weighted by molar-refractivity contribution is 7.20. The van der Waals surface area contributed by atoms with Crippen molar-refractivity contribution in [1.29, 1.82) is 0 Å². The van der Waals surface area contributed by atoms with Crippen LogP contribution in [-0.2, 0) is 0 Å². The third-order valence-corrected chi connectivity index (χ3v) is 5.00. The fraction of sp³-hybridized carbons (Fsp3) is 0.250. The fourth-order valence-electron chi connectivity index (χ4n) is 2.64. The number of aryl methyl sites for hydroxylation is 1. The van der Waals surface area contributed by atoms with E-state index in [-0.39, 0.29) is 11.6 Å². The van der Waals surface area contributed by atoms with Gasteiger partial charge in [-0.25, -0.2) is 4.79 Å². The van der Waals surface area contributed by atoms with Crippen LogP contribution in [-0.4, -0.2) is 16.7 Å². The maximum absolute atomic E-state index is 12.8. The first kappa shape index (κ1) is 14.6. The van der Waals surface area contributed by atoms with Crippen molar-refractivity contribution in [3.05, 3.63) is 62.3 Å². The van der Waals surface area contributed by atoms with E-state index in [4.69, 9.17) is 4.74 Å². The maximum atomic E-state index is 12.8. The predicted octanol–water partition coefficient (Wildman–Crippen LogP) is 2.68. The summed E-state index contributed by atoms with van der Waals surface area (Å²) in [6, 6.07) is 9.15. The number of ether oxygens (including phenoxy) is 1. The molecule has 0 amide bonds. The summed E-state index contributed by atoms with van der Waals surface area (Å²) >= 11 is 1.28. The smallest absolute Gasteiger partial charge is 0.330 e. The minimum absolute atomic E-state index is 0.285. The third-order valence-electron chi connectivity index (χ3n) is 3.83. The standard InChI is InChI=1S/C16H16N2O3S/c1-9-12-13(22-15(9)21-3)17-16(20)18(14(12)19)10(2)11-7-5-4-6-8-11/h4-8,10H,1-3H3,(H,17,20)/t10-/m1/s1. The molecular weight excluding hydrogens is 300 g/mol. The van der Waals surface area contributed by atoms with Gasteiger partial charge in [-0.3, -0.25) is 14.3 Å². The zero-order valence-electron chi connectivity index (χ0n) is 12.5. The number of thiophene rings is 1. The van der Waals surface area contributed by atoms with Crippen molar-refractivity contribution < 1.29 is 4.74 Å². The van der Waals surface area contributed by atoms with Gasteiger partial charge in [-0.15, -0.1) is 0 Å². The molecule has 2 heterocycles. The normalized spacial score (nSPS) is 12.5. The van der Waals surface area contributed by atoms with Crippen LogP contribution in [0.4, 0.5) is 0 Å². The Morgan fingerprint density at radius 3 is 2.55 bits per heavy atom. The van der Waals surface area contributed by atoms with Crippen LogP contribution in [0.25, 0.3) is 10.2 Å². The molecule has 5 nitrogen and oxygen atoms in total. The van der Waals surface area contributed by atoms with Gasteiger partial charge in [-0.05, 0) is 19.4 Å². The molecule has 3 aromatic rings. The van der Waals surface area contributed by atoms with E-state index in [1.54, 1.807) is 7.11 Å². The van der Waals surface area contributed by atoms with Crippen molar-refractivity contribution in [3.63, 3.8) is 0 Å². The second-order valence-electron chi connectivity index (χ2n) is 5.11. The van der Waals surface area contributed by atoms with Crippen molar-refractivity contribution in [1.82, 2.24) is 9.55 Å². The van der Waals surface area contributed by atoms with Gasteiger partial charge >= 0.3 is 5.69 Å². The SMILES string of the molecule is COc1sc2[nH]c(=O)n([C@H](C)c3ccccc3)c(=O)c2c1C. The number of benzene rings is 1. The van der Waals surface area contributed by atoms with Crippen molar-refractivity contribution in [2.45, 2.75) is 19.9 Å². The zero-order valence-corrected chi connectivity index (χ0v) is 13.4. The first-order valence-electron chi connectivity index (χ1n) is 6.91. The van der Waals surface area contributed by atoms with Gasteiger partial charge < -0.3 is 4.74 Å². The summed E-state index contributed by atoms with van der Waals surface area (Å²) in [4.78, 5) is 28.5. The van der Waals surface area contributed by atoms with E-state index in [0.717, 1.165) is 11.1 Å². The number of hydrogen-bond acceptors (Lipinski definition) is 4. The lowest BCUT2D eigenvalue weighted by atomic mass is 10.1. The number of hydrogen-bond donors (Lipinski definition) is 1. The summed E-state index contributed by atoms with van der Waals surface area (Å²) in [5.41, 5.74) is 0.983. The van der Waals surface area contributed by atoms with Crippen molar-refractivity contribution in [3.8, 4) is 5.06 Å². The molecule has 0 unspecified atom stereocenters. The number of rotatable bonds is 3. The Morgan fingerprint density at radius 1 is 1.23 bits per heavy atom. The average Bonchev–Trinajstić information content (AvgIpc) is 2.84. The summed E-state index contributed by atoms with van der Waals surface area (Å²) in [5.74, 6) is 0. The highest BCUT2D eigenvalue weighted by atomic mass is 32.1. The van der Waals surface area contributed by atoms with Crippen molar-refractivity contribution in [2.75, 3.05) is 7.11 Å². The number of fused-ring (bicyclic) bond motifs is 1. The van der Waals surface area contributed by atoms with Gasteiger partial charge in [0, 0.05) is 5.56 Å². The van der Waals surface area contributed by atoms with Gasteiger partial charge in [0.05, 0.1) is 18.5 Å². The molecule has 0 saturated heterocycles. The molecule has 0 saturated carbocycles. The topological polar surface area (TPSA) is 64.1 Å². The minimum atomic E-state index is -0.405. The molecule has 0 fully saturated rings. The Morgan fingerprint density at radius 2 is 1.91 bits per heavy atom. The molecule has 0 aliphatic carbocycles. The molecule has 2 aromatic heterocycles. The fourth-order valence-corrected chi connectivity index (χ4v) is 3.64. The monoisotopic (exact) mass is 316 g/mol. The molecule has 114 valence electrons. The summed E-state index contributed by atoms with van der Waals surface area (Å²) < 4.78 is 6.52. The molecule has 1 atom stereocenters. The molecule has 1 N–H and O–H groups in total. The number of nitrogens with zero attached hydrogens (tertiary/aromatic N) is 1. The second kappa shape index (κ2) is 5.46. The third kappa shape index (κ3) is 2.16. The molecule has 0 spiro atoms. The number of aromatic amines is 1. The van der Waals surface area contributed by atoms with Crippen LogP contribution in [0.2, 0.25) is 0 Å². The average molecular weight is 316 g/mol. The Balaban J connectivity index is 2.29. The summed E-state index contributed by atoms with van der Waals surface area (Å²) in [5, 5.41) is 1.16. The first-order valence-corrected chi connectivity index (χ1v) is 7.73. The largest absolute Gasteiger partial charge is 0.487 e. The molecule has 0 aliphatic rings. The van der Waals surface area contributed by atoms with E-state index >= 15 is 0 Å². The summed E-state index contributed by atoms with van der Waals surface area (Å²) in [6.07, 6.45) is 0. The van der Waals surface area contributed by atoms with Crippen LogP contribution in [0.3, 0.4) is 0 Å².